The Hall–Kier alpha value is -1.43. The molecule has 1 aliphatic rings. The number of hydrogen-bond donors (Lipinski definition) is 2. The highest BCUT2D eigenvalue weighted by Gasteiger charge is 2.27. The maximum Gasteiger partial charge on any atom is 0.293 e. The smallest absolute Gasteiger partial charge is 0.293 e. The first-order valence-electron chi connectivity index (χ1n) is 7.69. The maximum absolute atomic E-state index is 12.6. The van der Waals surface area contributed by atoms with Crippen molar-refractivity contribution in [1.29, 1.82) is 0 Å². The number of amides is 1. The zero-order valence-electron chi connectivity index (χ0n) is 12.5. The molecule has 0 radical (unpaired) electrons. The van der Waals surface area contributed by atoms with Crippen LogP contribution in [0.2, 0.25) is 0 Å². The lowest BCUT2D eigenvalue weighted by atomic mass is 10.1. The molecule has 0 saturated carbocycles. The summed E-state index contributed by atoms with van der Waals surface area (Å²) in [6, 6.07) is 0.268. The van der Waals surface area contributed by atoms with Crippen LogP contribution in [-0.4, -0.2) is 51.7 Å². The fraction of sp³-hybridized carbons (Fsp3) is 0.786. The van der Waals surface area contributed by atoms with Crippen LogP contribution in [0.5, 0.6) is 0 Å². The van der Waals surface area contributed by atoms with Crippen LogP contribution in [0.25, 0.3) is 0 Å². The molecule has 2 heterocycles. The van der Waals surface area contributed by atoms with E-state index in [0.29, 0.717) is 5.82 Å². The summed E-state index contributed by atoms with van der Waals surface area (Å²) in [5.41, 5.74) is 0. The number of rotatable bonds is 6. The Morgan fingerprint density at radius 2 is 2.25 bits per heavy atom. The lowest BCUT2D eigenvalue weighted by Gasteiger charge is -2.33. The van der Waals surface area contributed by atoms with E-state index < -0.39 is 0 Å². The van der Waals surface area contributed by atoms with E-state index in [9.17, 15) is 4.79 Å². The van der Waals surface area contributed by atoms with Gasteiger partial charge in [0.05, 0.1) is 0 Å². The monoisotopic (exact) mass is 279 g/mol. The Balaban J connectivity index is 2.08. The van der Waals surface area contributed by atoms with Gasteiger partial charge in [0.15, 0.2) is 0 Å². The largest absolute Gasteiger partial charge is 0.332 e. The molecule has 1 aromatic heterocycles. The highest BCUT2D eigenvalue weighted by molar-refractivity contribution is 5.90. The van der Waals surface area contributed by atoms with Crippen molar-refractivity contribution in [1.82, 2.24) is 25.4 Å². The van der Waals surface area contributed by atoms with E-state index >= 15 is 0 Å². The third kappa shape index (κ3) is 3.56. The van der Waals surface area contributed by atoms with Crippen LogP contribution in [0.1, 0.15) is 56.0 Å². The van der Waals surface area contributed by atoms with E-state index in [1.54, 1.807) is 0 Å². The molecule has 0 spiro atoms. The predicted octanol–water partition coefficient (Wildman–Crippen LogP) is 1.36. The molecule has 6 heteroatoms. The molecule has 112 valence electrons. The Morgan fingerprint density at radius 1 is 1.40 bits per heavy atom. The van der Waals surface area contributed by atoms with Gasteiger partial charge in [0, 0.05) is 25.6 Å². The molecule has 1 atom stereocenters. The molecule has 2 N–H and O–H groups in total. The van der Waals surface area contributed by atoms with Crippen LogP contribution in [0.15, 0.2) is 0 Å². The third-order valence-electron chi connectivity index (χ3n) is 3.65. The summed E-state index contributed by atoms with van der Waals surface area (Å²) in [7, 11) is 0. The zero-order valence-corrected chi connectivity index (χ0v) is 12.5. The van der Waals surface area contributed by atoms with Crippen molar-refractivity contribution in [2.75, 3.05) is 19.6 Å². The Bertz CT molecular complexity index is 425. The fourth-order valence-corrected chi connectivity index (χ4v) is 2.66. The van der Waals surface area contributed by atoms with Crippen LogP contribution in [0.4, 0.5) is 0 Å². The number of carbonyl (C=O) groups excluding carboxylic acids is 1. The van der Waals surface area contributed by atoms with Crippen molar-refractivity contribution in [2.24, 2.45) is 0 Å². The first-order chi connectivity index (χ1) is 9.76. The van der Waals surface area contributed by atoms with E-state index in [0.717, 1.165) is 57.6 Å². The zero-order chi connectivity index (χ0) is 14.4. The van der Waals surface area contributed by atoms with Gasteiger partial charge in [0.25, 0.3) is 5.91 Å². The highest BCUT2D eigenvalue weighted by atomic mass is 16.2. The van der Waals surface area contributed by atoms with Crippen LogP contribution in [0.3, 0.4) is 0 Å². The number of aryl methyl sites for hydroxylation is 1. The molecule has 0 bridgehead atoms. The molecule has 0 aliphatic carbocycles. The molecule has 1 unspecified atom stereocenters. The molecule has 1 saturated heterocycles. The molecule has 1 aliphatic heterocycles. The maximum atomic E-state index is 12.6. The van der Waals surface area contributed by atoms with Gasteiger partial charge in [-0.15, -0.1) is 5.10 Å². The summed E-state index contributed by atoms with van der Waals surface area (Å²) in [6.45, 7) is 6.87. The average molecular weight is 279 g/mol. The van der Waals surface area contributed by atoms with Gasteiger partial charge in [-0.25, -0.2) is 4.98 Å². The molecular formula is C14H25N5O. The molecule has 1 amide bonds. The topological polar surface area (TPSA) is 73.9 Å². The van der Waals surface area contributed by atoms with E-state index in [2.05, 4.69) is 34.3 Å². The SMILES string of the molecule is CCCc1nc(C(=O)N(CCC)C2CCCNC2)n[nH]1. The number of aromatic nitrogens is 3. The van der Waals surface area contributed by atoms with Crippen molar-refractivity contribution in [3.8, 4) is 0 Å². The van der Waals surface area contributed by atoms with Gasteiger partial charge >= 0.3 is 0 Å². The average Bonchev–Trinajstić information content (AvgIpc) is 2.94. The van der Waals surface area contributed by atoms with Crippen molar-refractivity contribution in [2.45, 2.75) is 52.0 Å². The van der Waals surface area contributed by atoms with Crippen LogP contribution >= 0.6 is 0 Å². The van der Waals surface area contributed by atoms with Gasteiger partial charge < -0.3 is 10.2 Å². The summed E-state index contributed by atoms with van der Waals surface area (Å²) < 4.78 is 0. The minimum absolute atomic E-state index is 0.0425. The molecule has 1 aromatic rings. The molecule has 6 nitrogen and oxygen atoms in total. The van der Waals surface area contributed by atoms with E-state index in [-0.39, 0.29) is 11.9 Å². The highest BCUT2D eigenvalue weighted by Crippen LogP contribution is 2.13. The molecule has 0 aromatic carbocycles. The van der Waals surface area contributed by atoms with Gasteiger partial charge in [-0.3, -0.25) is 9.89 Å². The third-order valence-corrected chi connectivity index (χ3v) is 3.65. The molecular weight excluding hydrogens is 254 g/mol. The number of nitrogens with zero attached hydrogens (tertiary/aromatic N) is 3. The second-order valence-corrected chi connectivity index (χ2v) is 5.35. The quantitative estimate of drug-likeness (QED) is 0.824. The van der Waals surface area contributed by atoms with Crippen molar-refractivity contribution < 1.29 is 4.79 Å². The van der Waals surface area contributed by atoms with Gasteiger partial charge in [0.1, 0.15) is 5.82 Å². The van der Waals surface area contributed by atoms with Crippen molar-refractivity contribution in [3.05, 3.63) is 11.6 Å². The molecule has 2 rings (SSSR count). The molecule has 20 heavy (non-hydrogen) atoms. The van der Waals surface area contributed by atoms with Crippen LogP contribution in [-0.2, 0) is 6.42 Å². The first kappa shape index (κ1) is 15.0. The fourth-order valence-electron chi connectivity index (χ4n) is 2.66. The lowest BCUT2D eigenvalue weighted by Crippen LogP contribution is -2.49. The number of carbonyl (C=O) groups is 1. The number of nitrogens with one attached hydrogen (secondary N) is 2. The number of hydrogen-bond acceptors (Lipinski definition) is 4. The minimum atomic E-state index is -0.0425. The second-order valence-electron chi connectivity index (χ2n) is 5.35. The van der Waals surface area contributed by atoms with Crippen LogP contribution in [0, 0.1) is 0 Å². The van der Waals surface area contributed by atoms with Crippen molar-refractivity contribution >= 4 is 5.91 Å². The van der Waals surface area contributed by atoms with Crippen molar-refractivity contribution in [3.63, 3.8) is 0 Å². The Labute approximate surface area is 120 Å². The van der Waals surface area contributed by atoms with E-state index in [1.165, 1.54) is 0 Å². The summed E-state index contributed by atoms with van der Waals surface area (Å²) in [6.07, 6.45) is 4.96. The van der Waals surface area contributed by atoms with Gasteiger partial charge in [0.2, 0.25) is 5.82 Å². The number of H-pyrrole nitrogens is 1. The van der Waals surface area contributed by atoms with E-state index in [4.69, 9.17) is 0 Å². The molecule has 1 fully saturated rings. The lowest BCUT2D eigenvalue weighted by molar-refractivity contribution is 0.0636. The van der Waals surface area contributed by atoms with Gasteiger partial charge in [-0.1, -0.05) is 13.8 Å². The number of piperidine rings is 1. The van der Waals surface area contributed by atoms with E-state index in [1.807, 2.05) is 4.90 Å². The first-order valence-corrected chi connectivity index (χ1v) is 7.69. The van der Waals surface area contributed by atoms with Gasteiger partial charge in [-0.2, -0.15) is 0 Å². The summed E-state index contributed by atoms with van der Waals surface area (Å²) in [4.78, 5) is 18.9. The predicted molar refractivity (Wildman–Crippen MR) is 77.6 cm³/mol. The minimum Gasteiger partial charge on any atom is -0.332 e. The summed E-state index contributed by atoms with van der Waals surface area (Å²) in [5, 5.41) is 10.3. The Kier molecular flexibility index (Phi) is 5.52. The summed E-state index contributed by atoms with van der Waals surface area (Å²) in [5.74, 6) is 1.07. The van der Waals surface area contributed by atoms with Crippen LogP contribution < -0.4 is 5.32 Å². The second kappa shape index (κ2) is 7.38. The number of aromatic amines is 1. The normalized spacial score (nSPS) is 19.0. The summed E-state index contributed by atoms with van der Waals surface area (Å²) >= 11 is 0. The standard InChI is InChI=1S/C14H25N5O/c1-3-6-12-16-13(18-17-12)14(20)19(9-4-2)11-7-5-8-15-10-11/h11,15H,3-10H2,1-2H3,(H,16,17,18). The van der Waals surface area contributed by atoms with Gasteiger partial charge in [-0.05, 0) is 32.2 Å². The Morgan fingerprint density at radius 3 is 2.90 bits per heavy atom.